The summed E-state index contributed by atoms with van der Waals surface area (Å²) in [6.07, 6.45) is 2.09. The average molecular weight is 422 g/mol. The van der Waals surface area contributed by atoms with Gasteiger partial charge in [-0.1, -0.05) is 54.1 Å². The summed E-state index contributed by atoms with van der Waals surface area (Å²) in [6, 6.07) is 26.7. The van der Waals surface area contributed by atoms with Gasteiger partial charge in [-0.3, -0.25) is 0 Å². The number of aryl methyl sites for hydroxylation is 3. The normalized spacial score (nSPS) is 15.0. The maximum Gasteiger partial charge on any atom is 0.322 e. The Bertz CT molecular complexity index is 1300. The van der Waals surface area contributed by atoms with E-state index in [9.17, 15) is 4.79 Å². The first kappa shape index (κ1) is 20.1. The Balaban J connectivity index is 1.63. The molecule has 1 aliphatic heterocycles. The molecule has 0 bridgehead atoms. The van der Waals surface area contributed by atoms with Crippen LogP contribution in [-0.4, -0.2) is 15.5 Å². The number of fused-ring (bicyclic) bond motifs is 3. The number of para-hydroxylation sites is 1. The van der Waals surface area contributed by atoms with Crippen molar-refractivity contribution in [2.75, 3.05) is 5.32 Å². The molecule has 2 heterocycles. The highest BCUT2D eigenvalue weighted by molar-refractivity contribution is 5.90. The van der Waals surface area contributed by atoms with Gasteiger partial charge < -0.3 is 14.8 Å². The van der Waals surface area contributed by atoms with Crippen LogP contribution in [-0.2, 0) is 6.54 Å². The molecule has 1 N–H and O–H groups in total. The molecule has 32 heavy (non-hydrogen) atoms. The molecule has 160 valence electrons. The summed E-state index contributed by atoms with van der Waals surface area (Å²) in [7, 11) is 0. The van der Waals surface area contributed by atoms with Crippen molar-refractivity contribution in [3.05, 3.63) is 119 Å². The lowest BCUT2D eigenvalue weighted by Gasteiger charge is -2.31. The molecule has 1 aromatic heterocycles. The van der Waals surface area contributed by atoms with Gasteiger partial charge in [0.25, 0.3) is 0 Å². The van der Waals surface area contributed by atoms with Crippen molar-refractivity contribution in [3.63, 3.8) is 0 Å². The molecule has 0 spiro atoms. The van der Waals surface area contributed by atoms with Gasteiger partial charge in [0.15, 0.2) is 0 Å². The van der Waals surface area contributed by atoms with Gasteiger partial charge in [0.05, 0.1) is 18.3 Å². The number of hydrogen-bond donors (Lipinski definition) is 1. The van der Waals surface area contributed by atoms with E-state index in [-0.39, 0.29) is 12.1 Å². The summed E-state index contributed by atoms with van der Waals surface area (Å²) in [5, 5.41) is 3.15. The van der Waals surface area contributed by atoms with E-state index in [4.69, 9.17) is 0 Å². The first-order valence-corrected chi connectivity index (χ1v) is 11.0. The van der Waals surface area contributed by atoms with Crippen LogP contribution in [0.25, 0.3) is 5.69 Å². The summed E-state index contributed by atoms with van der Waals surface area (Å²) < 4.78 is 2.21. The van der Waals surface area contributed by atoms with E-state index in [1.54, 1.807) is 0 Å². The van der Waals surface area contributed by atoms with Crippen LogP contribution in [0, 0.1) is 20.8 Å². The van der Waals surface area contributed by atoms with Crippen LogP contribution in [0.4, 0.5) is 10.5 Å². The van der Waals surface area contributed by atoms with Crippen LogP contribution in [0.3, 0.4) is 0 Å². The monoisotopic (exact) mass is 421 g/mol. The van der Waals surface area contributed by atoms with E-state index >= 15 is 0 Å². The predicted molar refractivity (Wildman–Crippen MR) is 129 cm³/mol. The molecule has 1 aliphatic rings. The molecule has 4 nitrogen and oxygen atoms in total. The van der Waals surface area contributed by atoms with Crippen LogP contribution in [0.15, 0.2) is 85.1 Å². The molecule has 0 fully saturated rings. The third-order valence-corrected chi connectivity index (χ3v) is 6.34. The molecule has 0 radical (unpaired) electrons. The molecule has 2 amide bonds. The number of amides is 2. The molecular weight excluding hydrogens is 394 g/mol. The smallest absolute Gasteiger partial charge is 0.318 e. The highest BCUT2D eigenvalue weighted by atomic mass is 16.2. The fraction of sp³-hybridized carbons (Fsp3) is 0.179. The lowest BCUT2D eigenvalue weighted by Crippen LogP contribution is -2.38. The van der Waals surface area contributed by atoms with Gasteiger partial charge in [0, 0.05) is 17.6 Å². The number of carbonyl (C=O) groups is 1. The van der Waals surface area contributed by atoms with Crippen LogP contribution >= 0.6 is 0 Å². The zero-order valence-corrected chi connectivity index (χ0v) is 18.7. The molecule has 3 aromatic carbocycles. The average Bonchev–Trinajstić information content (AvgIpc) is 3.20. The highest BCUT2D eigenvalue weighted by Crippen LogP contribution is 2.37. The number of urea groups is 1. The maximum atomic E-state index is 13.7. The number of rotatable bonds is 2. The van der Waals surface area contributed by atoms with Crippen LogP contribution in [0.5, 0.6) is 0 Å². The van der Waals surface area contributed by atoms with Gasteiger partial charge in [0.2, 0.25) is 0 Å². The number of hydrogen-bond acceptors (Lipinski definition) is 1. The third kappa shape index (κ3) is 3.58. The van der Waals surface area contributed by atoms with Crippen molar-refractivity contribution in [3.8, 4) is 5.69 Å². The first-order chi connectivity index (χ1) is 15.5. The second-order valence-corrected chi connectivity index (χ2v) is 8.61. The lowest BCUT2D eigenvalue weighted by molar-refractivity contribution is 0.194. The number of nitrogens with one attached hydrogen (secondary N) is 1. The van der Waals surface area contributed by atoms with Crippen molar-refractivity contribution in [1.82, 2.24) is 9.47 Å². The lowest BCUT2D eigenvalue weighted by atomic mass is 10.00. The van der Waals surface area contributed by atoms with Crippen molar-refractivity contribution < 1.29 is 4.79 Å². The third-order valence-electron chi connectivity index (χ3n) is 6.34. The van der Waals surface area contributed by atoms with Gasteiger partial charge in [-0.05, 0) is 73.4 Å². The fourth-order valence-corrected chi connectivity index (χ4v) is 4.54. The van der Waals surface area contributed by atoms with E-state index in [2.05, 4.69) is 91.4 Å². The number of benzene rings is 3. The molecule has 5 rings (SSSR count). The van der Waals surface area contributed by atoms with Crippen molar-refractivity contribution in [1.29, 1.82) is 0 Å². The van der Waals surface area contributed by atoms with Crippen LogP contribution in [0.1, 0.15) is 39.6 Å². The van der Waals surface area contributed by atoms with Gasteiger partial charge in [-0.15, -0.1) is 0 Å². The molecule has 4 heteroatoms. The Morgan fingerprint density at radius 1 is 0.875 bits per heavy atom. The van der Waals surface area contributed by atoms with E-state index in [1.165, 1.54) is 11.1 Å². The Morgan fingerprint density at radius 3 is 2.53 bits per heavy atom. The van der Waals surface area contributed by atoms with Gasteiger partial charge in [-0.25, -0.2) is 4.79 Å². The molecule has 1 atom stereocenters. The number of anilines is 1. The highest BCUT2D eigenvalue weighted by Gasteiger charge is 2.33. The standard InChI is InChI=1S/C28H27N3O/c1-19-8-6-10-22(16-19)27-26-12-7-15-30(26)25-11-5-4-9-23(25)18-31(27)28(32)29-24-14-13-20(2)21(3)17-24/h4-17,27H,18H2,1-3H3,(H,29,32). The fourth-order valence-electron chi connectivity index (χ4n) is 4.54. The summed E-state index contributed by atoms with van der Waals surface area (Å²) in [4.78, 5) is 15.7. The van der Waals surface area contributed by atoms with Gasteiger partial charge >= 0.3 is 6.03 Å². The van der Waals surface area contributed by atoms with Crippen molar-refractivity contribution in [2.24, 2.45) is 0 Å². The second-order valence-electron chi connectivity index (χ2n) is 8.61. The summed E-state index contributed by atoms with van der Waals surface area (Å²) in [5.74, 6) is 0. The van der Waals surface area contributed by atoms with E-state index in [0.29, 0.717) is 6.54 Å². The Labute approximate surface area is 189 Å². The van der Waals surface area contributed by atoms with E-state index in [0.717, 1.165) is 33.8 Å². The Hall–Kier alpha value is -3.79. The molecule has 0 saturated heterocycles. The SMILES string of the molecule is Cc1cccc(C2c3cccn3-c3ccccc3CN2C(=O)Nc2ccc(C)c(C)c2)c1. The molecule has 4 aromatic rings. The second kappa shape index (κ2) is 8.04. The number of nitrogens with zero attached hydrogens (tertiary/aromatic N) is 2. The van der Waals surface area contributed by atoms with Crippen molar-refractivity contribution >= 4 is 11.7 Å². The molecule has 0 aliphatic carbocycles. The molecular formula is C28H27N3O. The Morgan fingerprint density at radius 2 is 1.72 bits per heavy atom. The van der Waals surface area contributed by atoms with Gasteiger partial charge in [0.1, 0.15) is 0 Å². The van der Waals surface area contributed by atoms with Gasteiger partial charge in [-0.2, -0.15) is 0 Å². The quantitative estimate of drug-likeness (QED) is 0.392. The topological polar surface area (TPSA) is 37.3 Å². The van der Waals surface area contributed by atoms with E-state index < -0.39 is 0 Å². The van der Waals surface area contributed by atoms with E-state index in [1.807, 2.05) is 29.2 Å². The van der Waals surface area contributed by atoms with Crippen molar-refractivity contribution in [2.45, 2.75) is 33.4 Å². The molecule has 0 saturated carbocycles. The van der Waals surface area contributed by atoms with Crippen LogP contribution < -0.4 is 5.32 Å². The first-order valence-electron chi connectivity index (χ1n) is 11.0. The minimum atomic E-state index is -0.205. The summed E-state index contributed by atoms with van der Waals surface area (Å²) in [6.45, 7) is 6.75. The zero-order valence-electron chi connectivity index (χ0n) is 18.7. The van der Waals surface area contributed by atoms with Crippen LogP contribution in [0.2, 0.25) is 0 Å². The predicted octanol–water partition coefficient (Wildman–Crippen LogP) is 6.54. The largest absolute Gasteiger partial charge is 0.322 e. The summed E-state index contributed by atoms with van der Waals surface area (Å²) >= 11 is 0. The summed E-state index contributed by atoms with van der Waals surface area (Å²) in [5.41, 5.74) is 8.78. The minimum absolute atomic E-state index is 0.107. The molecule has 1 unspecified atom stereocenters. The number of aromatic nitrogens is 1. The Kier molecular flexibility index (Phi) is 5.06. The zero-order chi connectivity index (χ0) is 22.2. The maximum absolute atomic E-state index is 13.7. The minimum Gasteiger partial charge on any atom is -0.318 e. The number of carbonyl (C=O) groups excluding carboxylic acids is 1.